The third-order valence-corrected chi connectivity index (χ3v) is 17.6. The number of nitrogen functional groups attached to an aromatic ring is 1. The van der Waals surface area contributed by atoms with Gasteiger partial charge in [-0.3, -0.25) is 23.6 Å². The van der Waals surface area contributed by atoms with Gasteiger partial charge in [-0.05, 0) is 161 Å². The summed E-state index contributed by atoms with van der Waals surface area (Å²) in [6.07, 6.45) is 15.2. The molecule has 1 aliphatic heterocycles. The molecule has 1 fully saturated rings. The van der Waals surface area contributed by atoms with Crippen LogP contribution < -0.4 is 16.5 Å². The van der Waals surface area contributed by atoms with E-state index in [0.29, 0.717) is 36.3 Å². The lowest BCUT2D eigenvalue weighted by Gasteiger charge is -2.32. The normalized spacial score (nSPS) is 15.0. The number of anilines is 2. The first-order valence-electron chi connectivity index (χ1n) is 29.8. The molecule has 3 radical (unpaired) electrons. The van der Waals surface area contributed by atoms with Gasteiger partial charge in [0.2, 0.25) is 0 Å². The summed E-state index contributed by atoms with van der Waals surface area (Å²) in [6, 6.07) is 33.0. The summed E-state index contributed by atoms with van der Waals surface area (Å²) in [4.78, 5) is 24.5. The molecular weight excluding hydrogens is 1250 g/mol. The minimum atomic E-state index is -0.302. The Hall–Kier alpha value is -8.78. The van der Waals surface area contributed by atoms with E-state index in [2.05, 4.69) is 54.3 Å². The van der Waals surface area contributed by atoms with Gasteiger partial charge in [-0.1, -0.05) is 95.5 Å². The second-order valence-electron chi connectivity index (χ2n) is 23.9. The summed E-state index contributed by atoms with van der Waals surface area (Å²) in [5.74, 6) is 2.80. The quantitative estimate of drug-likeness (QED) is 0.121. The smallest absolute Gasteiger partial charge is 0.399 e. The van der Waals surface area contributed by atoms with Gasteiger partial charge in [-0.15, -0.1) is 0 Å². The third-order valence-electron chi connectivity index (χ3n) is 16.8. The van der Waals surface area contributed by atoms with Crippen LogP contribution in [0.15, 0.2) is 154 Å². The Morgan fingerprint density at radius 1 is 0.511 bits per heavy atom. The molecule has 3 aliphatic carbocycles. The van der Waals surface area contributed by atoms with Gasteiger partial charge in [0.1, 0.15) is 17.3 Å². The number of nitrogens with two attached hydrogens (primary N) is 1. The first kappa shape index (κ1) is 71.1. The second kappa shape index (κ2) is 29.7. The molecule has 4 aliphatic rings. The Morgan fingerprint density at radius 3 is 1.41 bits per heavy atom. The summed E-state index contributed by atoms with van der Waals surface area (Å²) in [5.41, 5.74) is 23.1. The molecule has 0 spiro atoms. The molecule has 1 atom stereocenters. The Kier molecular flexibility index (Phi) is 22.4. The van der Waals surface area contributed by atoms with Crippen molar-refractivity contribution in [1.82, 2.24) is 44.8 Å². The van der Waals surface area contributed by atoms with E-state index in [1.165, 1.54) is 11.1 Å². The Bertz CT molecular complexity index is 4410. The molecule has 11 aromatic rings. The number of hydrogen-bond acceptors (Lipinski definition) is 15. The highest BCUT2D eigenvalue weighted by molar-refractivity contribution is 6.62. The molecular formula is C71H77B2Cl3N11O7. The number of carbonyl (C=O) groups excluding carboxylic acids is 2. The minimum Gasteiger partial charge on any atom is -0.399 e. The van der Waals surface area contributed by atoms with Gasteiger partial charge in [0.25, 0.3) is 0 Å². The molecule has 6 aromatic heterocycles. The van der Waals surface area contributed by atoms with Crippen LogP contribution in [0.4, 0.5) is 11.4 Å². The number of benzene rings is 5. The summed E-state index contributed by atoms with van der Waals surface area (Å²) >= 11 is 17.6. The van der Waals surface area contributed by atoms with Gasteiger partial charge >= 0.3 is 7.12 Å². The van der Waals surface area contributed by atoms with E-state index in [1.807, 2.05) is 148 Å². The topological polar surface area (TPSA) is 222 Å². The first-order chi connectivity index (χ1) is 43.5. The summed E-state index contributed by atoms with van der Waals surface area (Å²) < 4.78 is 33.4. The largest absolute Gasteiger partial charge is 0.498 e. The van der Waals surface area contributed by atoms with E-state index >= 15 is 0 Å². The van der Waals surface area contributed by atoms with Crippen molar-refractivity contribution >= 4 is 78.7 Å². The number of halogens is 3. The number of rotatable bonds is 5. The zero-order chi connectivity index (χ0) is 64.5. The van der Waals surface area contributed by atoms with Gasteiger partial charge in [-0.25, -0.2) is 0 Å². The van der Waals surface area contributed by atoms with Crippen molar-refractivity contribution in [3.63, 3.8) is 0 Å². The van der Waals surface area contributed by atoms with E-state index in [-0.39, 0.29) is 59.2 Å². The maximum absolute atomic E-state index is 12.5. The maximum atomic E-state index is 12.5. The summed E-state index contributed by atoms with van der Waals surface area (Å²) in [5, 5.41) is 30.6. The fourth-order valence-corrected chi connectivity index (χ4v) is 11.8. The van der Waals surface area contributed by atoms with E-state index in [4.69, 9.17) is 63.4 Å². The number of nitrogens with zero attached hydrogens (tertiary/aromatic N) is 9. The zero-order valence-corrected chi connectivity index (χ0v) is 55.1. The number of Topliss-reactive ketones (excluding diaryl/α,β-unsaturated/α-hetero) is 2. The highest BCUT2D eigenvalue weighted by Crippen LogP contribution is 2.43. The highest BCUT2D eigenvalue weighted by atomic mass is 35.5. The molecule has 94 heavy (non-hydrogen) atoms. The molecule has 7 heterocycles. The molecule has 18 nitrogen and oxygen atoms in total. The molecule has 0 saturated carbocycles. The van der Waals surface area contributed by atoms with Crippen molar-refractivity contribution in [2.45, 2.75) is 119 Å². The lowest BCUT2D eigenvalue weighted by molar-refractivity contribution is 0.00578. The molecule has 5 aromatic carbocycles. The van der Waals surface area contributed by atoms with Gasteiger partial charge < -0.3 is 33.9 Å². The van der Waals surface area contributed by atoms with E-state index in [0.717, 1.165) is 130 Å². The second-order valence-corrected chi connectivity index (χ2v) is 25.2. The van der Waals surface area contributed by atoms with Gasteiger partial charge in [-0.2, -0.15) is 15.3 Å². The Labute approximate surface area is 566 Å². The number of carbonyl (C=O) groups is 2. The van der Waals surface area contributed by atoms with Crippen molar-refractivity contribution in [2.75, 3.05) is 11.1 Å². The predicted octanol–water partition coefficient (Wildman–Crippen LogP) is 15.9. The van der Waals surface area contributed by atoms with E-state index < -0.39 is 0 Å². The van der Waals surface area contributed by atoms with Crippen LogP contribution in [-0.4, -0.2) is 83.1 Å². The van der Waals surface area contributed by atoms with Crippen molar-refractivity contribution in [1.29, 1.82) is 0 Å². The average Bonchev–Trinajstić information content (AvgIpc) is 1.64. The van der Waals surface area contributed by atoms with Crippen LogP contribution in [-0.2, 0) is 49.7 Å². The van der Waals surface area contributed by atoms with Crippen molar-refractivity contribution in [2.24, 2.45) is 21.1 Å². The fourth-order valence-electron chi connectivity index (χ4n) is 11.4. The van der Waals surface area contributed by atoms with Crippen molar-refractivity contribution in [3.05, 3.63) is 206 Å². The van der Waals surface area contributed by atoms with Crippen LogP contribution in [0, 0.1) is 20.8 Å². The predicted molar refractivity (Wildman–Crippen MR) is 375 cm³/mol. The maximum Gasteiger partial charge on any atom is 0.498 e. The molecule has 485 valence electrons. The average molecular weight is 1320 g/mol. The van der Waals surface area contributed by atoms with Crippen LogP contribution in [0.2, 0.25) is 15.1 Å². The molecule has 1 saturated heterocycles. The van der Waals surface area contributed by atoms with Crippen molar-refractivity contribution < 1.29 is 32.5 Å². The van der Waals surface area contributed by atoms with Crippen LogP contribution in [0.5, 0.6) is 0 Å². The summed E-state index contributed by atoms with van der Waals surface area (Å²) in [7, 11) is 5.40. The third kappa shape index (κ3) is 15.5. The highest BCUT2D eigenvalue weighted by Gasteiger charge is 2.52. The van der Waals surface area contributed by atoms with E-state index in [1.54, 1.807) is 58.2 Å². The molecule has 0 amide bonds. The van der Waals surface area contributed by atoms with Gasteiger partial charge in [0.15, 0.2) is 11.6 Å². The Morgan fingerprint density at radius 2 is 0.936 bits per heavy atom. The number of ketones is 2. The molecule has 3 N–H and O–H groups in total. The SMILES string of the molecule is C.C.Cc1noc2c1-c1ccc(-c3cnn(C)c3)cc1C(=O)CC2.Cc1noc2c1-c1ccc(-c3cnn(C)c3)cc1C(Nc1ccc(Cl)cc1)CC2.Cc1noc2c1-c1ccc(Cl)cc1C(=O)CC2.Cn1cc(B2OC(C)(C)C(C)(C)O2)cn1.Nc1ccc(Cl)cc1.[B]. The van der Waals surface area contributed by atoms with E-state index in [9.17, 15) is 9.59 Å². The van der Waals surface area contributed by atoms with Gasteiger partial charge in [0.05, 0.1) is 46.7 Å². The number of fused-ring (bicyclic) bond motifs is 9. The van der Waals surface area contributed by atoms with Crippen LogP contribution in [0.3, 0.4) is 0 Å². The molecule has 15 rings (SSSR count). The van der Waals surface area contributed by atoms with Crippen LogP contribution in [0.25, 0.3) is 55.6 Å². The molecule has 0 bridgehead atoms. The number of aromatic nitrogens is 9. The monoisotopic (exact) mass is 1320 g/mol. The molecule has 1 unspecified atom stereocenters. The minimum absolute atomic E-state index is 0. The lowest BCUT2D eigenvalue weighted by atomic mass is 9.82. The van der Waals surface area contributed by atoms with Gasteiger partial charge in [0, 0.05) is 157 Å². The van der Waals surface area contributed by atoms with Crippen LogP contribution >= 0.6 is 34.8 Å². The zero-order valence-electron chi connectivity index (χ0n) is 52.8. The standard InChI is InChI=1S/C23H21ClN4O.C17H15N3O2.C13H10ClNO2.C10H17BN2O2.C6H6ClN.2CH4.B/c1-14-23-19-8-3-15(16-12-25-28(2)13-16)11-20(19)21(9-10-22(23)29-27-14)26-18-6-4-17(24)5-7-18;1-10-17-13-4-3-11(12-8-18-20(2)9-12)7-14(13)15(21)5-6-16(17)22-19-10;1-7-13-9-3-2-8(14)6-10(9)11(16)4-5-12(13)17-15-7;1-9(2)10(3,4)15-11(14-9)8-6-12-13(5)7-8;7-5-1-3-6(8)4-2-5;;;/h3-8,11-13,21,26H,9-10H2,1-2H3;3-4,7-9H,5-6H2,1-2H3;2-3,6H,4-5H2,1H3;6-7H,1-5H3;1-4H,8H2;2*1H4;. The molecule has 23 heteroatoms. The number of nitrogens with one attached hydrogen (secondary N) is 1. The lowest BCUT2D eigenvalue weighted by Crippen LogP contribution is -2.41. The first-order valence-corrected chi connectivity index (χ1v) is 31.0. The van der Waals surface area contributed by atoms with Crippen LogP contribution in [0.1, 0.15) is 128 Å². The fraction of sp³-hybridized carbons (Fsp3) is 0.296. The number of hydrogen-bond donors (Lipinski definition) is 2. The van der Waals surface area contributed by atoms with Crippen molar-refractivity contribution in [3.8, 4) is 55.6 Å². The Balaban J connectivity index is 0.000000157. The number of aryl methyl sites for hydroxylation is 9. The summed E-state index contributed by atoms with van der Waals surface area (Å²) in [6.45, 7) is 14.0.